The van der Waals surface area contributed by atoms with Crippen molar-refractivity contribution in [2.75, 3.05) is 6.61 Å². The second kappa shape index (κ2) is 10.2. The molecule has 2 aromatic rings. The van der Waals surface area contributed by atoms with Crippen LogP contribution in [0.15, 0.2) is 48.5 Å². The second-order valence-corrected chi connectivity index (χ2v) is 9.33. The summed E-state index contributed by atoms with van der Waals surface area (Å²) in [7, 11) is 0. The zero-order valence-electron chi connectivity index (χ0n) is 20.0. The normalized spacial score (nSPS) is 21.1. The van der Waals surface area contributed by atoms with Gasteiger partial charge in [-0.3, -0.25) is 4.79 Å². The summed E-state index contributed by atoms with van der Waals surface area (Å²) < 4.78 is 5.65. The number of hydrogen-bond donors (Lipinski definition) is 3. The number of alkyl carbamates (subject to hydrolysis) is 1. The summed E-state index contributed by atoms with van der Waals surface area (Å²) >= 11 is 0. The van der Waals surface area contributed by atoms with E-state index < -0.39 is 35.5 Å². The molecule has 7 heteroatoms. The Balaban J connectivity index is 1.40. The van der Waals surface area contributed by atoms with Gasteiger partial charge in [-0.05, 0) is 48.9 Å². The lowest BCUT2D eigenvalue weighted by Gasteiger charge is -2.31. The molecule has 0 saturated heterocycles. The molecule has 4 rings (SSSR count). The van der Waals surface area contributed by atoms with E-state index in [1.807, 2.05) is 24.3 Å². The second-order valence-electron chi connectivity index (χ2n) is 9.33. The molecule has 0 spiro atoms. The molecule has 2 aliphatic rings. The molecule has 2 amide bonds. The molecule has 0 heterocycles. The Morgan fingerprint density at radius 2 is 1.74 bits per heavy atom. The topological polar surface area (TPSA) is 105 Å². The van der Waals surface area contributed by atoms with Crippen molar-refractivity contribution in [1.29, 1.82) is 0 Å². The van der Waals surface area contributed by atoms with E-state index in [-0.39, 0.29) is 18.9 Å². The van der Waals surface area contributed by atoms with Crippen LogP contribution in [0.5, 0.6) is 0 Å². The fraction of sp³-hybridized carbons (Fsp3) is 0.393. The highest BCUT2D eigenvalue weighted by Crippen LogP contribution is 2.44. The number of carbonyl (C=O) groups excluding carboxylic acids is 2. The Hall–Kier alpha value is -3.79. The average Bonchev–Trinajstić information content (AvgIpc) is 3.38. The summed E-state index contributed by atoms with van der Waals surface area (Å²) in [6.45, 7) is 3.56. The number of amides is 2. The molecule has 2 aromatic carbocycles. The zero-order chi connectivity index (χ0) is 25.0. The van der Waals surface area contributed by atoms with E-state index >= 15 is 0 Å². The van der Waals surface area contributed by atoms with Crippen LogP contribution >= 0.6 is 0 Å². The minimum absolute atomic E-state index is 0.0259. The minimum Gasteiger partial charge on any atom is -0.480 e. The Labute approximate surface area is 205 Å². The van der Waals surface area contributed by atoms with Crippen LogP contribution in [0.4, 0.5) is 4.79 Å². The molecule has 0 aliphatic heterocycles. The fourth-order valence-corrected chi connectivity index (χ4v) is 5.18. The van der Waals surface area contributed by atoms with Crippen LogP contribution in [0.2, 0.25) is 0 Å². The van der Waals surface area contributed by atoms with E-state index in [4.69, 9.17) is 4.74 Å². The standard InChI is InChI=1S/C28H30N2O5/c1-3-4-14-23(25(31)32)29-26(33)28(2)16-9-15-24(28)30-27(34)35-17-22-20-12-7-5-10-18(20)19-11-6-8-13-21(19)22/h5-8,10-13,22-24H,9,14-17H2,1-2H3,(H,29,33)(H,30,34)(H,31,32). The zero-order valence-corrected chi connectivity index (χ0v) is 20.0. The lowest BCUT2D eigenvalue weighted by atomic mass is 9.83. The van der Waals surface area contributed by atoms with Crippen molar-refractivity contribution >= 4 is 18.0 Å². The first kappa shape index (κ1) is 24.3. The summed E-state index contributed by atoms with van der Waals surface area (Å²) in [6.07, 6.45) is 1.34. The van der Waals surface area contributed by atoms with E-state index in [1.54, 1.807) is 13.8 Å². The highest BCUT2D eigenvalue weighted by atomic mass is 16.5. The van der Waals surface area contributed by atoms with Crippen molar-refractivity contribution in [2.45, 2.75) is 57.5 Å². The number of rotatable bonds is 7. The third-order valence-electron chi connectivity index (χ3n) is 7.20. The fourth-order valence-electron chi connectivity index (χ4n) is 5.18. The first-order valence-corrected chi connectivity index (χ1v) is 11.9. The Bertz CT molecular complexity index is 1150. The first-order chi connectivity index (χ1) is 16.8. The van der Waals surface area contributed by atoms with Crippen molar-refractivity contribution in [2.24, 2.45) is 5.41 Å². The van der Waals surface area contributed by atoms with E-state index in [9.17, 15) is 19.5 Å². The van der Waals surface area contributed by atoms with Gasteiger partial charge < -0.3 is 20.5 Å². The third kappa shape index (κ3) is 4.88. The molecule has 3 N–H and O–H groups in total. The van der Waals surface area contributed by atoms with Crippen LogP contribution in [-0.2, 0) is 14.3 Å². The molecule has 0 aromatic heterocycles. The van der Waals surface area contributed by atoms with Crippen LogP contribution < -0.4 is 10.6 Å². The van der Waals surface area contributed by atoms with Gasteiger partial charge in [0.15, 0.2) is 0 Å². The summed E-state index contributed by atoms with van der Waals surface area (Å²) in [5.74, 6) is 3.77. The van der Waals surface area contributed by atoms with Crippen molar-refractivity contribution in [3.63, 3.8) is 0 Å². The predicted octanol–water partition coefficient (Wildman–Crippen LogP) is 4.07. The molecule has 3 unspecified atom stereocenters. The average molecular weight is 475 g/mol. The van der Waals surface area contributed by atoms with Crippen LogP contribution in [0.25, 0.3) is 11.1 Å². The van der Waals surface area contributed by atoms with Gasteiger partial charge in [-0.25, -0.2) is 9.59 Å². The first-order valence-electron chi connectivity index (χ1n) is 11.9. The molecule has 7 nitrogen and oxygen atoms in total. The molecule has 35 heavy (non-hydrogen) atoms. The quantitative estimate of drug-likeness (QED) is 0.525. The Morgan fingerprint density at radius 1 is 1.11 bits per heavy atom. The number of ether oxygens (including phenoxy) is 1. The highest BCUT2D eigenvalue weighted by molar-refractivity contribution is 5.88. The number of aliphatic carboxylic acids is 1. The largest absolute Gasteiger partial charge is 0.480 e. The maximum absolute atomic E-state index is 13.1. The lowest BCUT2D eigenvalue weighted by Crippen LogP contribution is -2.54. The number of nitrogens with one attached hydrogen (secondary N) is 2. The molecule has 1 saturated carbocycles. The van der Waals surface area contributed by atoms with Gasteiger partial charge in [-0.1, -0.05) is 55.0 Å². The van der Waals surface area contributed by atoms with Gasteiger partial charge in [0.1, 0.15) is 12.6 Å². The lowest BCUT2D eigenvalue weighted by molar-refractivity contribution is -0.143. The van der Waals surface area contributed by atoms with E-state index in [2.05, 4.69) is 46.7 Å². The summed E-state index contributed by atoms with van der Waals surface area (Å²) in [5.41, 5.74) is 3.62. The van der Waals surface area contributed by atoms with Gasteiger partial charge in [0.25, 0.3) is 0 Å². The smallest absolute Gasteiger partial charge is 0.407 e. The van der Waals surface area contributed by atoms with E-state index in [0.717, 1.165) is 28.7 Å². The monoisotopic (exact) mass is 474 g/mol. The molecular weight excluding hydrogens is 444 g/mol. The van der Waals surface area contributed by atoms with Crippen molar-refractivity contribution in [3.8, 4) is 23.0 Å². The van der Waals surface area contributed by atoms with Gasteiger partial charge >= 0.3 is 12.1 Å². The molecule has 182 valence electrons. The summed E-state index contributed by atoms with van der Waals surface area (Å²) in [6, 6.07) is 14.7. The number of carboxylic acids is 1. The maximum atomic E-state index is 13.1. The number of hydrogen-bond acceptors (Lipinski definition) is 4. The van der Waals surface area contributed by atoms with Gasteiger partial charge in [0, 0.05) is 18.4 Å². The maximum Gasteiger partial charge on any atom is 0.407 e. The third-order valence-corrected chi connectivity index (χ3v) is 7.20. The van der Waals surface area contributed by atoms with Crippen LogP contribution in [-0.4, -0.2) is 41.8 Å². The van der Waals surface area contributed by atoms with Crippen molar-refractivity contribution < 1.29 is 24.2 Å². The van der Waals surface area contributed by atoms with Gasteiger partial charge in [0.05, 0.1) is 5.41 Å². The molecule has 0 radical (unpaired) electrons. The molecule has 0 bridgehead atoms. The van der Waals surface area contributed by atoms with Crippen molar-refractivity contribution in [3.05, 3.63) is 59.7 Å². The van der Waals surface area contributed by atoms with Gasteiger partial charge in [-0.15, -0.1) is 11.8 Å². The molecular formula is C28H30N2O5. The molecule has 2 aliphatic carbocycles. The van der Waals surface area contributed by atoms with Crippen LogP contribution in [0.1, 0.15) is 56.6 Å². The van der Waals surface area contributed by atoms with Crippen LogP contribution in [0.3, 0.4) is 0 Å². The Morgan fingerprint density at radius 3 is 2.34 bits per heavy atom. The number of carboxylic acid groups (broad SMARTS) is 1. The molecule has 1 fully saturated rings. The van der Waals surface area contributed by atoms with Crippen LogP contribution in [0, 0.1) is 17.3 Å². The highest BCUT2D eigenvalue weighted by Gasteiger charge is 2.47. The number of carbonyl (C=O) groups is 3. The van der Waals surface area contributed by atoms with Crippen molar-refractivity contribution in [1.82, 2.24) is 10.6 Å². The minimum atomic E-state index is -1.14. The number of benzene rings is 2. The van der Waals surface area contributed by atoms with E-state index in [0.29, 0.717) is 12.8 Å². The predicted molar refractivity (Wildman–Crippen MR) is 132 cm³/mol. The SMILES string of the molecule is CC#CCC(NC(=O)C1(C)CCCC1NC(=O)OCC1c2ccccc2-c2ccccc21)C(=O)O. The van der Waals surface area contributed by atoms with Gasteiger partial charge in [0.2, 0.25) is 5.91 Å². The summed E-state index contributed by atoms with van der Waals surface area (Å²) in [5, 5.41) is 14.9. The number of fused-ring (bicyclic) bond motifs is 3. The van der Waals surface area contributed by atoms with E-state index in [1.165, 1.54) is 0 Å². The summed E-state index contributed by atoms with van der Waals surface area (Å²) in [4.78, 5) is 37.4. The Kier molecular flexibility index (Phi) is 7.11. The van der Waals surface area contributed by atoms with Gasteiger partial charge in [-0.2, -0.15) is 0 Å². The molecule has 3 atom stereocenters.